The smallest absolute Gasteiger partial charge is 0.336 e. The number of thiazole rings is 1. The minimum atomic E-state index is -1.45. The monoisotopic (exact) mass is 487 g/mol. The van der Waals surface area contributed by atoms with E-state index in [-0.39, 0.29) is 19.0 Å². The summed E-state index contributed by atoms with van der Waals surface area (Å²) in [6.45, 7) is 5.64. The van der Waals surface area contributed by atoms with Crippen LogP contribution in [0.1, 0.15) is 37.9 Å². The number of nitrogens with one attached hydrogen (secondary N) is 2. The number of rotatable bonds is 8. The molecule has 0 radical (unpaired) electrons. The van der Waals surface area contributed by atoms with Crippen LogP contribution in [0.2, 0.25) is 0 Å². The van der Waals surface area contributed by atoms with Crippen LogP contribution in [0.5, 0.6) is 0 Å². The van der Waals surface area contributed by atoms with Gasteiger partial charge in [0.1, 0.15) is 0 Å². The maximum Gasteiger partial charge on any atom is 0.336 e. The number of carbonyl (C=O) groups excluding carboxylic acids is 3. The molecule has 34 heavy (non-hydrogen) atoms. The van der Waals surface area contributed by atoms with E-state index in [1.165, 1.54) is 25.6 Å². The number of hydrogen-bond donors (Lipinski definition) is 2. The number of nitrogens with zero attached hydrogens (tertiary/aromatic N) is 1. The molecule has 2 N–H and O–H groups in total. The largest absolute Gasteiger partial charge is 0.467 e. The number of anilines is 1. The standard InChI is InChI=1S/C24H29N3O6S/c1-6-33-18(28)12-17-13-34-23(26-17)27-24(22(30)32-5)15(3)25-14(2)19(21(29)31-4)20(24)16-10-8-7-9-11-16/h7-11,13,15,20,25H,6,12H2,1-5H3,(H,26,27). The molecule has 3 rings (SSSR count). The number of hydrogen-bond acceptors (Lipinski definition) is 10. The molecule has 0 saturated heterocycles. The minimum absolute atomic E-state index is 0.0135. The highest BCUT2D eigenvalue weighted by molar-refractivity contribution is 7.13. The van der Waals surface area contributed by atoms with E-state index in [0.717, 1.165) is 5.56 Å². The number of allylic oxidation sites excluding steroid dienone is 1. The second kappa shape index (κ2) is 10.7. The fraction of sp³-hybridized carbons (Fsp3) is 0.417. The first kappa shape index (κ1) is 25.2. The molecule has 1 aromatic carbocycles. The van der Waals surface area contributed by atoms with Crippen LogP contribution in [0.15, 0.2) is 47.0 Å². The van der Waals surface area contributed by atoms with E-state index in [9.17, 15) is 14.4 Å². The lowest BCUT2D eigenvalue weighted by atomic mass is 9.68. The zero-order chi connectivity index (χ0) is 24.9. The lowest BCUT2D eigenvalue weighted by molar-refractivity contribution is -0.148. The fourth-order valence-corrected chi connectivity index (χ4v) is 5.13. The summed E-state index contributed by atoms with van der Waals surface area (Å²) in [5.74, 6) is -2.26. The predicted molar refractivity (Wildman–Crippen MR) is 127 cm³/mol. The first-order valence-corrected chi connectivity index (χ1v) is 11.7. The van der Waals surface area contributed by atoms with Crippen molar-refractivity contribution in [3.63, 3.8) is 0 Å². The van der Waals surface area contributed by atoms with E-state index in [1.807, 2.05) is 37.3 Å². The van der Waals surface area contributed by atoms with Crippen LogP contribution in [0.25, 0.3) is 0 Å². The van der Waals surface area contributed by atoms with E-state index in [0.29, 0.717) is 22.1 Å². The first-order valence-electron chi connectivity index (χ1n) is 10.9. The predicted octanol–water partition coefficient (Wildman–Crippen LogP) is 2.79. The Bertz CT molecular complexity index is 1080. The molecule has 0 bridgehead atoms. The highest BCUT2D eigenvalue weighted by Gasteiger charge is 2.58. The molecule has 3 atom stereocenters. The Kier molecular flexibility index (Phi) is 7.93. The van der Waals surface area contributed by atoms with Gasteiger partial charge in [0, 0.05) is 11.1 Å². The van der Waals surface area contributed by atoms with Gasteiger partial charge in [-0.05, 0) is 26.3 Å². The maximum absolute atomic E-state index is 13.5. The Morgan fingerprint density at radius 1 is 1.18 bits per heavy atom. The van der Waals surface area contributed by atoms with Gasteiger partial charge in [0.05, 0.1) is 50.5 Å². The second-order valence-electron chi connectivity index (χ2n) is 7.85. The van der Waals surface area contributed by atoms with Crippen molar-refractivity contribution in [3.05, 3.63) is 58.2 Å². The van der Waals surface area contributed by atoms with Crippen LogP contribution in [0, 0.1) is 0 Å². The van der Waals surface area contributed by atoms with Gasteiger partial charge >= 0.3 is 17.9 Å². The summed E-state index contributed by atoms with van der Waals surface area (Å²) in [6.07, 6.45) is 0.0135. The van der Waals surface area contributed by atoms with Crippen molar-refractivity contribution in [2.75, 3.05) is 26.1 Å². The Balaban J connectivity index is 2.15. The lowest BCUT2D eigenvalue weighted by Crippen LogP contribution is -2.66. The van der Waals surface area contributed by atoms with E-state index >= 15 is 0 Å². The molecular weight excluding hydrogens is 458 g/mol. The lowest BCUT2D eigenvalue weighted by Gasteiger charge is -2.47. The quantitative estimate of drug-likeness (QED) is 0.428. The van der Waals surface area contributed by atoms with Gasteiger partial charge in [0.2, 0.25) is 0 Å². The third-order valence-corrected chi connectivity index (χ3v) is 6.63. The summed E-state index contributed by atoms with van der Waals surface area (Å²) < 4.78 is 15.4. The first-order chi connectivity index (χ1) is 16.3. The highest BCUT2D eigenvalue weighted by atomic mass is 32.1. The average molecular weight is 488 g/mol. The van der Waals surface area contributed by atoms with Crippen molar-refractivity contribution >= 4 is 34.4 Å². The molecule has 182 valence electrons. The molecule has 0 fully saturated rings. The fourth-order valence-electron chi connectivity index (χ4n) is 4.34. The summed E-state index contributed by atoms with van der Waals surface area (Å²) in [6, 6.07) is 8.75. The molecule has 0 aliphatic carbocycles. The summed E-state index contributed by atoms with van der Waals surface area (Å²) in [5.41, 5.74) is 0.720. The van der Waals surface area contributed by atoms with Crippen molar-refractivity contribution in [3.8, 4) is 0 Å². The number of carbonyl (C=O) groups is 3. The van der Waals surface area contributed by atoms with Gasteiger partial charge < -0.3 is 24.8 Å². The zero-order valence-corrected chi connectivity index (χ0v) is 20.7. The highest BCUT2D eigenvalue weighted by Crippen LogP contribution is 2.45. The van der Waals surface area contributed by atoms with E-state index < -0.39 is 29.4 Å². The van der Waals surface area contributed by atoms with Crippen molar-refractivity contribution in [1.82, 2.24) is 10.3 Å². The van der Waals surface area contributed by atoms with E-state index in [1.54, 1.807) is 19.2 Å². The van der Waals surface area contributed by atoms with Crippen LogP contribution in [-0.2, 0) is 35.0 Å². The molecule has 9 nitrogen and oxygen atoms in total. The van der Waals surface area contributed by atoms with Gasteiger partial charge in [-0.3, -0.25) is 4.79 Å². The summed E-state index contributed by atoms with van der Waals surface area (Å²) in [4.78, 5) is 42.8. The Morgan fingerprint density at radius 3 is 2.50 bits per heavy atom. The summed E-state index contributed by atoms with van der Waals surface area (Å²) >= 11 is 1.25. The molecular formula is C24H29N3O6S. The van der Waals surface area contributed by atoms with Crippen molar-refractivity contribution < 1.29 is 28.6 Å². The molecule has 0 spiro atoms. The van der Waals surface area contributed by atoms with Crippen LogP contribution in [0.4, 0.5) is 5.13 Å². The molecule has 2 heterocycles. The molecule has 3 unspecified atom stereocenters. The summed E-state index contributed by atoms with van der Waals surface area (Å²) in [7, 11) is 2.61. The van der Waals surface area contributed by atoms with Gasteiger partial charge in [0.15, 0.2) is 10.7 Å². The van der Waals surface area contributed by atoms with Crippen molar-refractivity contribution in [1.29, 1.82) is 0 Å². The van der Waals surface area contributed by atoms with Crippen molar-refractivity contribution in [2.24, 2.45) is 0 Å². The number of benzene rings is 1. The molecule has 2 aromatic rings. The van der Waals surface area contributed by atoms with Gasteiger partial charge in [-0.2, -0.15) is 0 Å². The van der Waals surface area contributed by atoms with Crippen molar-refractivity contribution in [2.45, 2.75) is 44.7 Å². The topological polar surface area (TPSA) is 116 Å². The summed E-state index contributed by atoms with van der Waals surface area (Å²) in [5, 5.41) is 8.65. The minimum Gasteiger partial charge on any atom is -0.467 e. The van der Waals surface area contributed by atoms with Gasteiger partial charge in [-0.1, -0.05) is 30.3 Å². The normalized spacial score (nSPS) is 21.9. The molecule has 0 amide bonds. The second-order valence-corrected chi connectivity index (χ2v) is 8.71. The number of ether oxygens (including phenoxy) is 3. The van der Waals surface area contributed by atoms with Crippen LogP contribution >= 0.6 is 11.3 Å². The third-order valence-electron chi connectivity index (χ3n) is 5.82. The van der Waals surface area contributed by atoms with Crippen LogP contribution < -0.4 is 10.6 Å². The third kappa shape index (κ3) is 4.77. The number of aromatic nitrogens is 1. The van der Waals surface area contributed by atoms with Gasteiger partial charge in [-0.15, -0.1) is 11.3 Å². The van der Waals surface area contributed by atoms with Crippen LogP contribution in [-0.4, -0.2) is 55.3 Å². The van der Waals surface area contributed by atoms with E-state index in [2.05, 4.69) is 15.6 Å². The zero-order valence-electron chi connectivity index (χ0n) is 19.8. The number of methoxy groups -OCH3 is 2. The SMILES string of the molecule is CCOC(=O)Cc1csc(NC2(C(=O)OC)C(C)NC(C)=C(C(=O)OC)C2c2ccccc2)n1. The molecule has 1 aromatic heterocycles. The maximum atomic E-state index is 13.5. The average Bonchev–Trinajstić information content (AvgIpc) is 3.26. The molecule has 1 aliphatic heterocycles. The number of esters is 3. The molecule has 1 aliphatic rings. The van der Waals surface area contributed by atoms with E-state index in [4.69, 9.17) is 14.2 Å². The Labute approximate surface area is 202 Å². The van der Waals surface area contributed by atoms with Crippen LogP contribution in [0.3, 0.4) is 0 Å². The molecule has 0 saturated carbocycles. The Hall–Kier alpha value is -3.40. The molecule has 10 heteroatoms. The van der Waals surface area contributed by atoms with Gasteiger partial charge in [0.25, 0.3) is 0 Å². The van der Waals surface area contributed by atoms with Gasteiger partial charge in [-0.25, -0.2) is 14.6 Å². The Morgan fingerprint density at radius 2 is 1.88 bits per heavy atom.